The summed E-state index contributed by atoms with van der Waals surface area (Å²) < 4.78 is 32.4. The Morgan fingerprint density at radius 2 is 2.00 bits per heavy atom. The average Bonchev–Trinajstić information content (AvgIpc) is 3.40. The van der Waals surface area contributed by atoms with Gasteiger partial charge in [0.05, 0.1) is 28.8 Å². The first-order valence-electron chi connectivity index (χ1n) is 11.0. The number of hydrogen-bond donors (Lipinski definition) is 3. The number of nitrogens with zero attached hydrogens (tertiary/aromatic N) is 2. The minimum atomic E-state index is -0.710. The molecule has 0 unspecified atom stereocenters. The Kier molecular flexibility index (Phi) is 6.18. The third-order valence-electron chi connectivity index (χ3n) is 6.00. The second kappa shape index (κ2) is 9.29. The standard InChI is InChI=1S/C26H22F2IN5O/c1-14-3-5-20-17(9-14)15(12-31-20)7-8-30-26(35)18-11-22-25(32-13-34(22)2)23(28)24(18)33-21-6-4-16(29)10-19(21)27/h3-6,9-13,31,33H,7-8H2,1-2H3,(H,30,35). The Labute approximate surface area is 213 Å². The van der Waals surface area contributed by atoms with Crippen LogP contribution in [0.5, 0.6) is 0 Å². The molecule has 0 atom stereocenters. The van der Waals surface area contributed by atoms with Crippen LogP contribution in [-0.2, 0) is 13.5 Å². The van der Waals surface area contributed by atoms with E-state index in [2.05, 4.69) is 26.7 Å². The first kappa shape index (κ1) is 23.3. The summed E-state index contributed by atoms with van der Waals surface area (Å²) in [5.74, 6) is -1.71. The second-order valence-corrected chi connectivity index (χ2v) is 9.70. The number of rotatable bonds is 6. The largest absolute Gasteiger partial charge is 0.361 e. The first-order valence-corrected chi connectivity index (χ1v) is 12.1. The number of benzene rings is 3. The molecule has 5 rings (SSSR count). The van der Waals surface area contributed by atoms with Gasteiger partial charge in [0.25, 0.3) is 5.91 Å². The fraction of sp³-hybridized carbons (Fsp3) is 0.154. The van der Waals surface area contributed by atoms with Gasteiger partial charge in [0, 0.05) is 34.3 Å². The van der Waals surface area contributed by atoms with Crippen LogP contribution in [0.15, 0.2) is 55.0 Å². The van der Waals surface area contributed by atoms with Crippen molar-refractivity contribution in [2.24, 2.45) is 7.05 Å². The highest BCUT2D eigenvalue weighted by atomic mass is 127. The summed E-state index contributed by atoms with van der Waals surface area (Å²) in [4.78, 5) is 20.6. The zero-order chi connectivity index (χ0) is 24.7. The molecule has 0 aliphatic heterocycles. The Morgan fingerprint density at radius 1 is 1.17 bits per heavy atom. The van der Waals surface area contributed by atoms with Crippen LogP contribution in [0.4, 0.5) is 20.2 Å². The van der Waals surface area contributed by atoms with Gasteiger partial charge in [-0.2, -0.15) is 0 Å². The Bertz CT molecular complexity index is 1590. The molecule has 2 aromatic heterocycles. The molecule has 0 fully saturated rings. The molecule has 0 radical (unpaired) electrons. The van der Waals surface area contributed by atoms with Crippen LogP contribution >= 0.6 is 22.6 Å². The molecule has 0 spiro atoms. The third kappa shape index (κ3) is 4.47. The van der Waals surface area contributed by atoms with E-state index >= 15 is 4.39 Å². The summed E-state index contributed by atoms with van der Waals surface area (Å²) in [5.41, 5.74) is 3.87. The number of imidazole rings is 1. The third-order valence-corrected chi connectivity index (χ3v) is 6.67. The number of carbonyl (C=O) groups excluding carboxylic acids is 1. The maximum absolute atomic E-state index is 15.5. The van der Waals surface area contributed by atoms with Crippen molar-refractivity contribution in [1.29, 1.82) is 0 Å². The summed E-state index contributed by atoms with van der Waals surface area (Å²) >= 11 is 2.00. The van der Waals surface area contributed by atoms with E-state index in [-0.39, 0.29) is 22.5 Å². The van der Waals surface area contributed by atoms with Crippen molar-refractivity contribution < 1.29 is 13.6 Å². The number of aromatic amines is 1. The highest BCUT2D eigenvalue weighted by Crippen LogP contribution is 2.32. The molecule has 35 heavy (non-hydrogen) atoms. The topological polar surface area (TPSA) is 74.7 Å². The molecule has 3 aromatic carbocycles. The molecular weight excluding hydrogens is 563 g/mol. The molecule has 0 bridgehead atoms. The quantitative estimate of drug-likeness (QED) is 0.215. The Morgan fingerprint density at radius 3 is 2.80 bits per heavy atom. The predicted octanol–water partition coefficient (Wildman–Crippen LogP) is 5.96. The molecule has 2 heterocycles. The number of hydrogen-bond acceptors (Lipinski definition) is 3. The maximum Gasteiger partial charge on any atom is 0.253 e. The molecule has 0 aliphatic carbocycles. The number of carbonyl (C=O) groups is 1. The van der Waals surface area contributed by atoms with E-state index in [1.54, 1.807) is 23.7 Å². The van der Waals surface area contributed by atoms with E-state index in [1.807, 2.05) is 47.8 Å². The number of halogens is 3. The number of fused-ring (bicyclic) bond motifs is 2. The fourth-order valence-corrected chi connectivity index (χ4v) is 4.61. The minimum Gasteiger partial charge on any atom is -0.361 e. The number of anilines is 2. The summed E-state index contributed by atoms with van der Waals surface area (Å²) in [6.07, 6.45) is 4.01. The molecule has 0 saturated heterocycles. The fourth-order valence-electron chi connectivity index (χ4n) is 4.16. The number of amides is 1. The second-order valence-electron chi connectivity index (χ2n) is 8.45. The van der Waals surface area contributed by atoms with Gasteiger partial charge in [-0.05, 0) is 77.9 Å². The summed E-state index contributed by atoms with van der Waals surface area (Å²) in [6.45, 7) is 2.38. The molecule has 178 valence electrons. The first-order chi connectivity index (χ1) is 16.8. The van der Waals surface area contributed by atoms with Crippen molar-refractivity contribution >= 4 is 61.8 Å². The number of H-pyrrole nitrogens is 1. The van der Waals surface area contributed by atoms with Gasteiger partial charge in [0.2, 0.25) is 0 Å². The number of nitrogens with one attached hydrogen (secondary N) is 3. The molecule has 0 saturated carbocycles. The smallest absolute Gasteiger partial charge is 0.253 e. The molecule has 6 nitrogen and oxygen atoms in total. The average molecular weight is 585 g/mol. The number of aromatic nitrogens is 3. The summed E-state index contributed by atoms with van der Waals surface area (Å²) in [5, 5.41) is 6.78. The molecule has 3 N–H and O–H groups in total. The Hall–Kier alpha value is -3.47. The lowest BCUT2D eigenvalue weighted by Crippen LogP contribution is -2.26. The zero-order valence-corrected chi connectivity index (χ0v) is 21.2. The Balaban J connectivity index is 1.44. The van der Waals surface area contributed by atoms with E-state index in [0.29, 0.717) is 22.1 Å². The van der Waals surface area contributed by atoms with Gasteiger partial charge in [-0.25, -0.2) is 13.8 Å². The van der Waals surface area contributed by atoms with Crippen molar-refractivity contribution in [2.45, 2.75) is 13.3 Å². The van der Waals surface area contributed by atoms with Crippen molar-refractivity contribution in [1.82, 2.24) is 19.9 Å². The van der Waals surface area contributed by atoms with E-state index in [0.717, 1.165) is 22.0 Å². The van der Waals surface area contributed by atoms with Crippen LogP contribution in [0, 0.1) is 22.1 Å². The van der Waals surface area contributed by atoms with Gasteiger partial charge in [0.15, 0.2) is 5.82 Å². The van der Waals surface area contributed by atoms with Crippen LogP contribution in [0.2, 0.25) is 0 Å². The van der Waals surface area contributed by atoms with Crippen LogP contribution < -0.4 is 10.6 Å². The van der Waals surface area contributed by atoms with E-state index in [4.69, 9.17) is 0 Å². The van der Waals surface area contributed by atoms with Crippen LogP contribution in [0.25, 0.3) is 21.9 Å². The lowest BCUT2D eigenvalue weighted by Gasteiger charge is -2.15. The van der Waals surface area contributed by atoms with Gasteiger partial charge in [-0.1, -0.05) is 11.6 Å². The van der Waals surface area contributed by atoms with Crippen LogP contribution in [-0.4, -0.2) is 27.0 Å². The van der Waals surface area contributed by atoms with Crippen molar-refractivity contribution in [3.63, 3.8) is 0 Å². The highest BCUT2D eigenvalue weighted by molar-refractivity contribution is 14.1. The van der Waals surface area contributed by atoms with E-state index in [1.165, 1.54) is 18.5 Å². The molecule has 5 aromatic rings. The number of aryl methyl sites for hydroxylation is 2. The zero-order valence-electron chi connectivity index (χ0n) is 19.0. The maximum atomic E-state index is 15.5. The van der Waals surface area contributed by atoms with Gasteiger partial charge < -0.3 is 20.2 Å². The van der Waals surface area contributed by atoms with Gasteiger partial charge in [0.1, 0.15) is 11.3 Å². The molecular formula is C26H22F2IN5O. The van der Waals surface area contributed by atoms with E-state index < -0.39 is 17.5 Å². The van der Waals surface area contributed by atoms with Gasteiger partial charge in [-0.3, -0.25) is 4.79 Å². The van der Waals surface area contributed by atoms with Crippen molar-refractivity contribution in [3.8, 4) is 0 Å². The van der Waals surface area contributed by atoms with Crippen molar-refractivity contribution in [3.05, 3.63) is 86.9 Å². The van der Waals surface area contributed by atoms with Gasteiger partial charge >= 0.3 is 0 Å². The molecule has 0 aliphatic rings. The highest BCUT2D eigenvalue weighted by Gasteiger charge is 2.22. The predicted molar refractivity (Wildman–Crippen MR) is 142 cm³/mol. The lowest BCUT2D eigenvalue weighted by atomic mass is 10.1. The van der Waals surface area contributed by atoms with Crippen molar-refractivity contribution in [2.75, 3.05) is 11.9 Å². The summed E-state index contributed by atoms with van der Waals surface area (Å²) in [7, 11) is 1.72. The molecule has 1 amide bonds. The normalized spacial score (nSPS) is 11.3. The molecule has 9 heteroatoms. The SMILES string of the molecule is Cc1ccc2[nH]cc(CCNC(=O)c3cc4c(ncn4C)c(F)c3Nc3ccc(I)cc3F)c2c1. The minimum absolute atomic E-state index is 0.0720. The monoisotopic (exact) mass is 585 g/mol. The van der Waals surface area contributed by atoms with Crippen LogP contribution in [0.3, 0.4) is 0 Å². The van der Waals surface area contributed by atoms with Crippen LogP contribution in [0.1, 0.15) is 21.5 Å². The summed E-state index contributed by atoms with van der Waals surface area (Å²) in [6, 6.07) is 12.3. The van der Waals surface area contributed by atoms with E-state index in [9.17, 15) is 9.18 Å². The van der Waals surface area contributed by atoms with Gasteiger partial charge in [-0.15, -0.1) is 0 Å². The lowest BCUT2D eigenvalue weighted by molar-refractivity contribution is 0.0954.